The highest BCUT2D eigenvalue weighted by atomic mass is 79.9. The van der Waals surface area contributed by atoms with Crippen LogP contribution in [0.1, 0.15) is 5.56 Å². The highest BCUT2D eigenvalue weighted by Crippen LogP contribution is 2.30. The Hall–Kier alpha value is -0.750. The summed E-state index contributed by atoms with van der Waals surface area (Å²) in [7, 11) is -3.43. The van der Waals surface area contributed by atoms with Gasteiger partial charge in [-0.25, -0.2) is 8.42 Å². The Morgan fingerprint density at radius 2 is 1.76 bits per heavy atom. The number of halogens is 3. The van der Waals surface area contributed by atoms with E-state index in [4.69, 9.17) is 23.2 Å². The highest BCUT2D eigenvalue weighted by molar-refractivity contribution is 9.10. The fraction of sp³-hybridized carbons (Fsp3) is 0.143. The van der Waals surface area contributed by atoms with Gasteiger partial charge < -0.3 is 0 Å². The molecule has 2 rings (SSSR count). The van der Waals surface area contributed by atoms with Gasteiger partial charge >= 0.3 is 0 Å². The van der Waals surface area contributed by atoms with Crippen molar-refractivity contribution < 1.29 is 8.42 Å². The number of para-hydroxylation sites is 1. The molecule has 0 aliphatic carbocycles. The molecule has 0 amide bonds. The summed E-state index contributed by atoms with van der Waals surface area (Å²) in [5.41, 5.74) is 1.33. The van der Waals surface area contributed by atoms with Gasteiger partial charge in [-0.2, -0.15) is 0 Å². The van der Waals surface area contributed by atoms with E-state index in [0.717, 1.165) is 5.56 Å². The molecule has 0 saturated heterocycles. The molecular formula is C14H12BrCl2NO2S. The van der Waals surface area contributed by atoms with Crippen LogP contribution in [0.3, 0.4) is 0 Å². The third-order valence-corrected chi connectivity index (χ3v) is 5.37. The normalized spacial score (nSPS) is 11.4. The average molecular weight is 409 g/mol. The Bertz CT molecular complexity index is 765. The Morgan fingerprint density at radius 1 is 1.10 bits per heavy atom. The molecule has 0 aliphatic rings. The summed E-state index contributed by atoms with van der Waals surface area (Å²) in [5, 5.41) is 0.835. The summed E-state index contributed by atoms with van der Waals surface area (Å²) < 4.78 is 26.2. The smallest absolute Gasteiger partial charge is 0.232 e. The fourth-order valence-corrected chi connectivity index (χ4v) is 3.68. The van der Waals surface area contributed by atoms with Crippen LogP contribution in [-0.2, 0) is 16.6 Å². The zero-order chi connectivity index (χ0) is 15.6. The van der Waals surface area contributed by atoms with E-state index >= 15 is 0 Å². The molecular weight excluding hydrogens is 397 g/mol. The second-order valence-electron chi connectivity index (χ2n) is 4.47. The van der Waals surface area contributed by atoms with Crippen LogP contribution in [0.15, 0.2) is 46.9 Å². The van der Waals surface area contributed by atoms with Crippen molar-refractivity contribution in [1.29, 1.82) is 0 Å². The second kappa shape index (κ2) is 6.57. The second-order valence-corrected chi connectivity index (χ2v) is 8.05. The first kappa shape index (κ1) is 16.6. The molecule has 21 heavy (non-hydrogen) atoms. The molecule has 0 fully saturated rings. The number of rotatable bonds is 4. The van der Waals surface area contributed by atoms with Crippen LogP contribution >= 0.6 is 39.1 Å². The molecule has 0 spiro atoms. The molecule has 0 aliphatic heterocycles. The van der Waals surface area contributed by atoms with Crippen LogP contribution in [0, 0.1) is 0 Å². The van der Waals surface area contributed by atoms with Gasteiger partial charge in [-0.05, 0) is 45.8 Å². The maximum Gasteiger partial charge on any atom is 0.232 e. The van der Waals surface area contributed by atoms with E-state index in [2.05, 4.69) is 15.9 Å². The lowest BCUT2D eigenvalue weighted by Gasteiger charge is -2.23. The van der Waals surface area contributed by atoms with E-state index < -0.39 is 10.0 Å². The van der Waals surface area contributed by atoms with Crippen molar-refractivity contribution in [2.45, 2.75) is 6.54 Å². The third kappa shape index (κ3) is 4.13. The molecule has 0 N–H and O–H groups in total. The molecule has 2 aromatic carbocycles. The van der Waals surface area contributed by atoms with Gasteiger partial charge in [0.15, 0.2) is 0 Å². The van der Waals surface area contributed by atoms with Crippen molar-refractivity contribution >= 4 is 54.8 Å². The zero-order valence-corrected chi connectivity index (χ0v) is 15.0. The lowest BCUT2D eigenvalue weighted by atomic mass is 10.2. The van der Waals surface area contributed by atoms with Gasteiger partial charge in [0.05, 0.1) is 28.5 Å². The largest absolute Gasteiger partial charge is 0.265 e. The quantitative estimate of drug-likeness (QED) is 0.733. The predicted octanol–water partition coefficient (Wildman–Crippen LogP) is 4.72. The standard InChI is InChI=1S/C14H12BrCl2NO2S/c1-21(19,20)18(14-5-3-2-4-11(14)15)9-10-6-7-12(16)13(17)8-10/h2-8H,9H2,1H3. The van der Waals surface area contributed by atoms with E-state index in [1.807, 2.05) is 6.07 Å². The van der Waals surface area contributed by atoms with Crippen molar-refractivity contribution in [3.8, 4) is 0 Å². The van der Waals surface area contributed by atoms with Crippen molar-refractivity contribution in [3.63, 3.8) is 0 Å². The Morgan fingerprint density at radius 3 is 2.33 bits per heavy atom. The summed E-state index contributed by atoms with van der Waals surface area (Å²) >= 11 is 15.2. The maximum absolute atomic E-state index is 12.1. The van der Waals surface area contributed by atoms with Gasteiger partial charge in [0.2, 0.25) is 10.0 Å². The van der Waals surface area contributed by atoms with Gasteiger partial charge in [-0.15, -0.1) is 0 Å². The van der Waals surface area contributed by atoms with Gasteiger partial charge in [0.1, 0.15) is 0 Å². The lowest BCUT2D eigenvalue weighted by molar-refractivity contribution is 0.596. The molecule has 0 heterocycles. The van der Waals surface area contributed by atoms with Crippen LogP contribution in [0.2, 0.25) is 10.0 Å². The van der Waals surface area contributed by atoms with Crippen LogP contribution in [0.25, 0.3) is 0 Å². The minimum absolute atomic E-state index is 0.179. The number of hydrogen-bond acceptors (Lipinski definition) is 2. The molecule has 0 unspecified atom stereocenters. The molecule has 0 atom stereocenters. The van der Waals surface area contributed by atoms with Crippen LogP contribution in [0.4, 0.5) is 5.69 Å². The summed E-state index contributed by atoms with van der Waals surface area (Å²) in [5.74, 6) is 0. The molecule has 0 bridgehead atoms. The number of benzene rings is 2. The predicted molar refractivity (Wildman–Crippen MR) is 91.6 cm³/mol. The fourth-order valence-electron chi connectivity index (χ4n) is 1.84. The summed E-state index contributed by atoms with van der Waals surface area (Å²) in [6, 6.07) is 12.2. The lowest BCUT2D eigenvalue weighted by Crippen LogP contribution is -2.29. The number of hydrogen-bond donors (Lipinski definition) is 0. The first-order chi connectivity index (χ1) is 9.79. The average Bonchev–Trinajstić information content (AvgIpc) is 2.40. The molecule has 0 aromatic heterocycles. The summed E-state index contributed by atoms with van der Waals surface area (Å²) in [6.45, 7) is 0.179. The Kier molecular flexibility index (Phi) is 5.20. The van der Waals surface area contributed by atoms with Gasteiger partial charge in [0.25, 0.3) is 0 Å². The minimum atomic E-state index is -3.43. The van der Waals surface area contributed by atoms with E-state index in [1.165, 1.54) is 10.6 Å². The molecule has 112 valence electrons. The van der Waals surface area contributed by atoms with Gasteiger partial charge in [-0.3, -0.25) is 4.31 Å². The zero-order valence-electron chi connectivity index (χ0n) is 11.1. The molecule has 3 nitrogen and oxygen atoms in total. The Balaban J connectivity index is 2.43. The Labute approximate surface area is 142 Å². The van der Waals surface area contributed by atoms with E-state index in [-0.39, 0.29) is 6.54 Å². The number of anilines is 1. The molecule has 7 heteroatoms. The van der Waals surface area contributed by atoms with Crippen molar-refractivity contribution in [3.05, 3.63) is 62.5 Å². The molecule has 0 saturated carbocycles. The van der Waals surface area contributed by atoms with Crippen molar-refractivity contribution in [2.75, 3.05) is 10.6 Å². The minimum Gasteiger partial charge on any atom is -0.265 e. The third-order valence-electron chi connectivity index (χ3n) is 2.83. The monoisotopic (exact) mass is 407 g/mol. The van der Waals surface area contributed by atoms with Crippen molar-refractivity contribution in [1.82, 2.24) is 0 Å². The highest BCUT2D eigenvalue weighted by Gasteiger charge is 2.20. The van der Waals surface area contributed by atoms with E-state index in [9.17, 15) is 8.42 Å². The molecule has 0 radical (unpaired) electrons. The number of nitrogens with zero attached hydrogens (tertiary/aromatic N) is 1. The number of sulfonamides is 1. The van der Waals surface area contributed by atoms with Crippen molar-refractivity contribution in [2.24, 2.45) is 0 Å². The van der Waals surface area contributed by atoms with Gasteiger partial charge in [-0.1, -0.05) is 41.4 Å². The SMILES string of the molecule is CS(=O)(=O)N(Cc1ccc(Cl)c(Cl)c1)c1ccccc1Br. The summed E-state index contributed by atoms with van der Waals surface area (Å²) in [4.78, 5) is 0. The van der Waals surface area contributed by atoms with Crippen LogP contribution < -0.4 is 4.31 Å². The van der Waals surface area contributed by atoms with Crippen LogP contribution in [-0.4, -0.2) is 14.7 Å². The van der Waals surface area contributed by atoms with Crippen LogP contribution in [0.5, 0.6) is 0 Å². The summed E-state index contributed by atoms with van der Waals surface area (Å²) in [6.07, 6.45) is 1.17. The van der Waals surface area contributed by atoms with Gasteiger partial charge in [0, 0.05) is 4.47 Å². The maximum atomic E-state index is 12.1. The van der Waals surface area contributed by atoms with E-state index in [0.29, 0.717) is 20.2 Å². The van der Waals surface area contributed by atoms with E-state index in [1.54, 1.807) is 36.4 Å². The first-order valence-electron chi connectivity index (χ1n) is 5.95. The topological polar surface area (TPSA) is 37.4 Å². The first-order valence-corrected chi connectivity index (χ1v) is 9.35. The molecule has 2 aromatic rings.